The third kappa shape index (κ3) is 3.21. The molecule has 5 heteroatoms. The summed E-state index contributed by atoms with van der Waals surface area (Å²) in [6.45, 7) is 0.542. The topological polar surface area (TPSA) is 57.4 Å². The number of nitrogens with zero attached hydrogens (tertiary/aromatic N) is 1. The van der Waals surface area contributed by atoms with Crippen LogP contribution >= 0.6 is 15.9 Å². The summed E-state index contributed by atoms with van der Waals surface area (Å²) in [5.74, 6) is 1.08. The molecule has 0 atom stereocenters. The average Bonchev–Trinajstić information content (AvgIpc) is 2.34. The van der Waals surface area contributed by atoms with Crippen molar-refractivity contribution >= 4 is 21.6 Å². The number of ether oxygens (including phenoxy) is 2. The van der Waals surface area contributed by atoms with E-state index in [1.54, 1.807) is 19.4 Å². The first kappa shape index (κ1) is 12.9. The van der Waals surface area contributed by atoms with Gasteiger partial charge in [0.1, 0.15) is 5.75 Å². The Bertz CT molecular complexity index is 546. The molecule has 0 aliphatic carbocycles. The molecule has 0 amide bonds. The van der Waals surface area contributed by atoms with E-state index in [1.807, 2.05) is 24.3 Å². The van der Waals surface area contributed by atoms with Crippen LogP contribution in [0.3, 0.4) is 0 Å². The molecule has 0 spiro atoms. The zero-order valence-corrected chi connectivity index (χ0v) is 11.5. The van der Waals surface area contributed by atoms with Crippen molar-refractivity contribution in [2.24, 2.45) is 0 Å². The summed E-state index contributed by atoms with van der Waals surface area (Å²) in [6, 6.07) is 9.36. The summed E-state index contributed by atoms with van der Waals surface area (Å²) in [5, 5.41) is 0. The molecule has 4 nitrogen and oxygen atoms in total. The number of hydrogen-bond acceptors (Lipinski definition) is 4. The summed E-state index contributed by atoms with van der Waals surface area (Å²) in [7, 11) is 1.65. The van der Waals surface area contributed by atoms with Gasteiger partial charge in [-0.2, -0.15) is 0 Å². The Kier molecular flexibility index (Phi) is 4.17. The number of benzene rings is 1. The third-order valence-corrected chi connectivity index (χ3v) is 2.70. The summed E-state index contributed by atoms with van der Waals surface area (Å²) >= 11 is 3.30. The molecule has 18 heavy (non-hydrogen) atoms. The predicted molar refractivity (Wildman–Crippen MR) is 73.6 cm³/mol. The number of nitrogen functional groups attached to an aromatic ring is 1. The second kappa shape index (κ2) is 5.84. The van der Waals surface area contributed by atoms with Crippen LogP contribution in [0.2, 0.25) is 0 Å². The van der Waals surface area contributed by atoms with Crippen LogP contribution in [0.1, 0.15) is 5.56 Å². The average molecular weight is 309 g/mol. The van der Waals surface area contributed by atoms with E-state index in [0.717, 1.165) is 10.0 Å². The summed E-state index contributed by atoms with van der Waals surface area (Å²) in [4.78, 5) is 4.12. The number of anilines is 1. The molecule has 2 aromatic rings. The molecule has 1 heterocycles. The van der Waals surface area contributed by atoms with Crippen molar-refractivity contribution < 1.29 is 9.47 Å². The SMILES string of the molecule is COCc1cccc(Oc2ncc(Br)cc2N)c1. The molecule has 2 rings (SSSR count). The number of pyridine rings is 1. The highest BCUT2D eigenvalue weighted by molar-refractivity contribution is 9.10. The van der Waals surface area contributed by atoms with E-state index in [0.29, 0.717) is 23.9 Å². The van der Waals surface area contributed by atoms with E-state index in [2.05, 4.69) is 20.9 Å². The van der Waals surface area contributed by atoms with Gasteiger partial charge in [-0.05, 0) is 39.7 Å². The Labute approximate surface area is 114 Å². The molecule has 0 radical (unpaired) electrons. The first-order valence-electron chi connectivity index (χ1n) is 5.36. The standard InChI is InChI=1S/C13H13BrN2O2/c1-17-8-9-3-2-4-11(5-9)18-13-12(15)6-10(14)7-16-13/h2-7H,8,15H2,1H3. The first-order valence-corrected chi connectivity index (χ1v) is 6.15. The fourth-order valence-corrected chi connectivity index (χ4v) is 1.85. The van der Waals surface area contributed by atoms with Crippen molar-refractivity contribution in [1.82, 2.24) is 4.98 Å². The van der Waals surface area contributed by atoms with E-state index in [-0.39, 0.29) is 0 Å². The van der Waals surface area contributed by atoms with Crippen molar-refractivity contribution in [3.8, 4) is 11.6 Å². The van der Waals surface area contributed by atoms with Gasteiger partial charge in [0.05, 0.1) is 12.3 Å². The maximum absolute atomic E-state index is 5.82. The Hall–Kier alpha value is -1.59. The zero-order chi connectivity index (χ0) is 13.0. The molecule has 1 aromatic heterocycles. The highest BCUT2D eigenvalue weighted by Crippen LogP contribution is 2.27. The van der Waals surface area contributed by atoms with E-state index in [4.69, 9.17) is 15.2 Å². The molecular formula is C13H13BrN2O2. The maximum atomic E-state index is 5.82. The summed E-state index contributed by atoms with van der Waals surface area (Å²) < 4.78 is 11.5. The van der Waals surface area contributed by atoms with Crippen molar-refractivity contribution in [3.05, 3.63) is 46.6 Å². The second-order valence-electron chi connectivity index (χ2n) is 3.73. The minimum absolute atomic E-state index is 0.396. The van der Waals surface area contributed by atoms with Gasteiger partial charge < -0.3 is 15.2 Å². The number of aromatic nitrogens is 1. The van der Waals surface area contributed by atoms with Crippen molar-refractivity contribution in [2.75, 3.05) is 12.8 Å². The van der Waals surface area contributed by atoms with Gasteiger partial charge in [0, 0.05) is 17.8 Å². The molecule has 0 aliphatic heterocycles. The molecule has 0 unspecified atom stereocenters. The van der Waals surface area contributed by atoms with Crippen molar-refractivity contribution in [3.63, 3.8) is 0 Å². The van der Waals surface area contributed by atoms with Gasteiger partial charge in [-0.15, -0.1) is 0 Å². The summed E-state index contributed by atoms with van der Waals surface area (Å²) in [6.07, 6.45) is 1.64. The van der Waals surface area contributed by atoms with Gasteiger partial charge in [-0.3, -0.25) is 0 Å². The molecule has 1 aromatic carbocycles. The lowest BCUT2D eigenvalue weighted by Crippen LogP contribution is -1.95. The molecule has 2 N–H and O–H groups in total. The molecule has 0 saturated carbocycles. The third-order valence-electron chi connectivity index (χ3n) is 2.27. The molecule has 0 aliphatic rings. The molecule has 94 valence electrons. The van der Waals surface area contributed by atoms with Gasteiger partial charge in [0.25, 0.3) is 0 Å². The van der Waals surface area contributed by atoms with E-state index in [1.165, 1.54) is 0 Å². The minimum Gasteiger partial charge on any atom is -0.437 e. The highest BCUT2D eigenvalue weighted by Gasteiger charge is 2.05. The maximum Gasteiger partial charge on any atom is 0.242 e. The van der Waals surface area contributed by atoms with Gasteiger partial charge in [0.15, 0.2) is 0 Å². The number of hydrogen-bond donors (Lipinski definition) is 1. The number of rotatable bonds is 4. The Morgan fingerprint density at radius 1 is 1.33 bits per heavy atom. The number of halogens is 1. The van der Waals surface area contributed by atoms with Crippen LogP contribution in [0, 0.1) is 0 Å². The monoisotopic (exact) mass is 308 g/mol. The quantitative estimate of drug-likeness (QED) is 0.941. The lowest BCUT2D eigenvalue weighted by atomic mass is 10.2. The molecule has 0 fully saturated rings. The minimum atomic E-state index is 0.396. The molecular weight excluding hydrogens is 296 g/mol. The van der Waals surface area contributed by atoms with Crippen LogP contribution in [0.15, 0.2) is 41.0 Å². The van der Waals surface area contributed by atoms with Crippen LogP contribution in [-0.4, -0.2) is 12.1 Å². The van der Waals surface area contributed by atoms with Gasteiger partial charge >= 0.3 is 0 Å². The number of methoxy groups -OCH3 is 1. The highest BCUT2D eigenvalue weighted by atomic mass is 79.9. The smallest absolute Gasteiger partial charge is 0.242 e. The summed E-state index contributed by atoms with van der Waals surface area (Å²) in [5.41, 5.74) is 7.34. The fourth-order valence-electron chi connectivity index (χ4n) is 1.50. The Morgan fingerprint density at radius 3 is 2.89 bits per heavy atom. The number of nitrogens with two attached hydrogens (primary N) is 1. The van der Waals surface area contributed by atoms with Crippen LogP contribution in [-0.2, 0) is 11.3 Å². The Balaban J connectivity index is 2.20. The van der Waals surface area contributed by atoms with Crippen molar-refractivity contribution in [2.45, 2.75) is 6.61 Å². The fraction of sp³-hybridized carbons (Fsp3) is 0.154. The van der Waals surface area contributed by atoms with Crippen molar-refractivity contribution in [1.29, 1.82) is 0 Å². The largest absolute Gasteiger partial charge is 0.437 e. The van der Waals surface area contributed by atoms with Crippen LogP contribution in [0.5, 0.6) is 11.6 Å². The predicted octanol–water partition coefficient (Wildman–Crippen LogP) is 3.37. The van der Waals surface area contributed by atoms with Gasteiger partial charge in [-0.1, -0.05) is 12.1 Å². The lowest BCUT2D eigenvalue weighted by Gasteiger charge is -2.08. The van der Waals surface area contributed by atoms with E-state index in [9.17, 15) is 0 Å². The molecule has 0 saturated heterocycles. The Morgan fingerprint density at radius 2 is 2.17 bits per heavy atom. The van der Waals surface area contributed by atoms with E-state index < -0.39 is 0 Å². The van der Waals surface area contributed by atoms with Gasteiger partial charge in [0.2, 0.25) is 5.88 Å². The lowest BCUT2D eigenvalue weighted by molar-refractivity contribution is 0.184. The zero-order valence-electron chi connectivity index (χ0n) is 9.89. The first-order chi connectivity index (χ1) is 8.69. The molecule has 0 bridgehead atoms. The second-order valence-corrected chi connectivity index (χ2v) is 4.65. The normalized spacial score (nSPS) is 10.3. The van der Waals surface area contributed by atoms with Crippen LogP contribution < -0.4 is 10.5 Å². The van der Waals surface area contributed by atoms with Crippen LogP contribution in [0.4, 0.5) is 5.69 Å². The van der Waals surface area contributed by atoms with Crippen LogP contribution in [0.25, 0.3) is 0 Å². The van der Waals surface area contributed by atoms with E-state index >= 15 is 0 Å². The van der Waals surface area contributed by atoms with Gasteiger partial charge in [-0.25, -0.2) is 4.98 Å².